The van der Waals surface area contributed by atoms with Gasteiger partial charge in [0.2, 0.25) is 5.91 Å². The highest BCUT2D eigenvalue weighted by Crippen LogP contribution is 2.27. The van der Waals surface area contributed by atoms with Crippen molar-refractivity contribution >= 4 is 40.6 Å². The first-order valence-corrected chi connectivity index (χ1v) is 10.8. The van der Waals surface area contributed by atoms with E-state index in [4.69, 9.17) is 0 Å². The molecular weight excluding hydrogens is 426 g/mol. The van der Waals surface area contributed by atoms with Crippen LogP contribution in [0.15, 0.2) is 71.6 Å². The maximum atomic E-state index is 12.6. The molecule has 3 aromatic rings. The van der Waals surface area contributed by atoms with Crippen LogP contribution >= 0.6 is 11.8 Å². The Morgan fingerprint density at radius 3 is 2.31 bits per heavy atom. The molecule has 3 rings (SSSR count). The molecule has 0 saturated heterocycles. The van der Waals surface area contributed by atoms with E-state index >= 15 is 0 Å². The van der Waals surface area contributed by atoms with E-state index < -0.39 is 10.2 Å². The van der Waals surface area contributed by atoms with Gasteiger partial charge in [-0.3, -0.25) is 19.7 Å². The molecule has 0 spiro atoms. The van der Waals surface area contributed by atoms with Gasteiger partial charge in [0.15, 0.2) is 0 Å². The molecule has 32 heavy (non-hydrogen) atoms. The number of nitro benzene ring substituents is 1. The molecule has 7 nitrogen and oxygen atoms in total. The van der Waals surface area contributed by atoms with Gasteiger partial charge >= 0.3 is 0 Å². The number of hydrogen-bond donors (Lipinski definition) is 2. The van der Waals surface area contributed by atoms with Crippen molar-refractivity contribution in [3.8, 4) is 0 Å². The Morgan fingerprint density at radius 1 is 0.969 bits per heavy atom. The minimum atomic E-state index is -0.468. The second kappa shape index (κ2) is 10.1. The Hall–Kier alpha value is -3.65. The standard InChI is InChI=1S/C24H23N3O4S/c1-15-5-4-6-18(13-15)24(29)25-19-7-10-21(11-8-19)32-17(3)23(28)26-22-12-9-20(27(30)31)14-16(22)2/h4-14,17H,1-3H3,(H,25,29)(H,26,28). The molecule has 164 valence electrons. The largest absolute Gasteiger partial charge is 0.325 e. The number of hydrogen-bond acceptors (Lipinski definition) is 5. The summed E-state index contributed by atoms with van der Waals surface area (Å²) in [5.74, 6) is -0.385. The lowest BCUT2D eigenvalue weighted by atomic mass is 10.1. The van der Waals surface area contributed by atoms with Gasteiger partial charge in [0.05, 0.1) is 10.2 Å². The lowest BCUT2D eigenvalue weighted by Crippen LogP contribution is -2.22. The summed E-state index contributed by atoms with van der Waals surface area (Å²) in [6.45, 7) is 5.43. The quantitative estimate of drug-likeness (QED) is 0.278. The predicted molar refractivity (Wildman–Crippen MR) is 127 cm³/mol. The molecule has 0 aliphatic rings. The number of nitrogens with zero attached hydrogens (tertiary/aromatic N) is 1. The zero-order valence-corrected chi connectivity index (χ0v) is 18.7. The molecule has 8 heteroatoms. The third kappa shape index (κ3) is 5.95. The SMILES string of the molecule is Cc1cccc(C(=O)Nc2ccc(SC(C)C(=O)Nc3ccc([N+](=O)[O-])cc3C)cc2)c1. The second-order valence-corrected chi connectivity index (χ2v) is 8.77. The monoisotopic (exact) mass is 449 g/mol. The molecule has 0 radical (unpaired) electrons. The number of carbonyl (C=O) groups is 2. The second-order valence-electron chi connectivity index (χ2n) is 7.35. The number of anilines is 2. The Bertz CT molecular complexity index is 1160. The van der Waals surface area contributed by atoms with E-state index in [-0.39, 0.29) is 17.5 Å². The van der Waals surface area contributed by atoms with Crippen molar-refractivity contribution in [1.29, 1.82) is 0 Å². The average molecular weight is 450 g/mol. The van der Waals surface area contributed by atoms with E-state index in [1.165, 1.54) is 30.0 Å². The number of thioether (sulfide) groups is 1. The summed E-state index contributed by atoms with van der Waals surface area (Å²) in [5.41, 5.74) is 3.42. The number of rotatable bonds is 7. The van der Waals surface area contributed by atoms with Gasteiger partial charge in [0, 0.05) is 34.0 Å². The molecule has 0 aliphatic carbocycles. The van der Waals surface area contributed by atoms with Crippen molar-refractivity contribution in [2.75, 3.05) is 10.6 Å². The van der Waals surface area contributed by atoms with Crippen molar-refractivity contribution in [3.05, 3.63) is 93.5 Å². The number of non-ortho nitro benzene ring substituents is 1. The van der Waals surface area contributed by atoms with Crippen LogP contribution in [0, 0.1) is 24.0 Å². The minimum absolute atomic E-state index is 0.0162. The number of benzene rings is 3. The van der Waals surface area contributed by atoms with E-state index in [1.54, 1.807) is 32.0 Å². The molecule has 2 N–H and O–H groups in total. The van der Waals surface area contributed by atoms with Gasteiger partial charge in [0.25, 0.3) is 11.6 Å². The van der Waals surface area contributed by atoms with Gasteiger partial charge in [-0.2, -0.15) is 0 Å². The molecule has 0 saturated carbocycles. The number of aryl methyl sites for hydroxylation is 2. The van der Waals surface area contributed by atoms with Crippen LogP contribution in [0.3, 0.4) is 0 Å². The van der Waals surface area contributed by atoms with Crippen LogP contribution < -0.4 is 10.6 Å². The lowest BCUT2D eigenvalue weighted by molar-refractivity contribution is -0.384. The molecule has 0 bridgehead atoms. The van der Waals surface area contributed by atoms with Crippen molar-refractivity contribution in [2.45, 2.75) is 30.9 Å². The van der Waals surface area contributed by atoms with Crippen LogP contribution in [0.5, 0.6) is 0 Å². The average Bonchev–Trinajstić information content (AvgIpc) is 2.76. The van der Waals surface area contributed by atoms with Crippen LogP contribution in [0.1, 0.15) is 28.4 Å². The third-order valence-electron chi connectivity index (χ3n) is 4.75. The van der Waals surface area contributed by atoms with E-state index in [0.717, 1.165) is 10.5 Å². The number of amides is 2. The van der Waals surface area contributed by atoms with E-state index in [9.17, 15) is 19.7 Å². The number of nitro groups is 1. The fourth-order valence-electron chi connectivity index (χ4n) is 3.00. The van der Waals surface area contributed by atoms with Crippen LogP contribution in [-0.2, 0) is 4.79 Å². The Morgan fingerprint density at radius 2 is 1.69 bits per heavy atom. The summed E-state index contributed by atoms with van der Waals surface area (Å²) in [6, 6.07) is 19.0. The first-order chi connectivity index (χ1) is 15.2. The fraction of sp³-hybridized carbons (Fsp3) is 0.167. The maximum Gasteiger partial charge on any atom is 0.269 e. The normalized spacial score (nSPS) is 11.5. The molecule has 1 unspecified atom stereocenters. The molecular formula is C24H23N3O4S. The van der Waals surface area contributed by atoms with Crippen LogP contribution in [0.25, 0.3) is 0 Å². The molecule has 3 aromatic carbocycles. The third-order valence-corrected chi connectivity index (χ3v) is 5.87. The zero-order valence-electron chi connectivity index (χ0n) is 17.9. The van der Waals surface area contributed by atoms with E-state index in [0.29, 0.717) is 22.5 Å². The molecule has 0 heterocycles. The number of nitrogens with one attached hydrogen (secondary N) is 2. The maximum absolute atomic E-state index is 12.6. The van der Waals surface area contributed by atoms with Gasteiger partial charge in [-0.05, 0) is 68.8 Å². The summed E-state index contributed by atoms with van der Waals surface area (Å²) < 4.78 is 0. The summed E-state index contributed by atoms with van der Waals surface area (Å²) in [4.78, 5) is 36.2. The topological polar surface area (TPSA) is 101 Å². The smallest absolute Gasteiger partial charge is 0.269 e. The predicted octanol–water partition coefficient (Wildman–Crippen LogP) is 5.58. The molecule has 2 amide bonds. The lowest BCUT2D eigenvalue weighted by Gasteiger charge is -2.14. The summed E-state index contributed by atoms with van der Waals surface area (Å²) in [7, 11) is 0. The Labute approximate surface area is 190 Å². The van der Waals surface area contributed by atoms with E-state index in [1.807, 2.05) is 37.3 Å². The summed E-state index contributed by atoms with van der Waals surface area (Å²) in [6.07, 6.45) is 0. The first-order valence-electron chi connectivity index (χ1n) is 9.93. The van der Waals surface area contributed by atoms with Crippen molar-refractivity contribution in [1.82, 2.24) is 0 Å². The molecule has 0 aromatic heterocycles. The highest BCUT2D eigenvalue weighted by Gasteiger charge is 2.17. The van der Waals surface area contributed by atoms with Crippen molar-refractivity contribution in [3.63, 3.8) is 0 Å². The van der Waals surface area contributed by atoms with Gasteiger partial charge in [0.1, 0.15) is 0 Å². The summed E-state index contributed by atoms with van der Waals surface area (Å²) in [5, 5.41) is 16.1. The highest BCUT2D eigenvalue weighted by atomic mass is 32.2. The van der Waals surface area contributed by atoms with Crippen LogP contribution in [0.4, 0.5) is 17.1 Å². The highest BCUT2D eigenvalue weighted by molar-refractivity contribution is 8.00. The fourth-order valence-corrected chi connectivity index (χ4v) is 3.87. The first kappa shape index (κ1) is 23.0. The molecule has 0 aliphatic heterocycles. The van der Waals surface area contributed by atoms with Gasteiger partial charge in [-0.25, -0.2) is 0 Å². The van der Waals surface area contributed by atoms with Crippen LogP contribution in [0.2, 0.25) is 0 Å². The molecule has 1 atom stereocenters. The van der Waals surface area contributed by atoms with E-state index in [2.05, 4.69) is 10.6 Å². The minimum Gasteiger partial charge on any atom is -0.325 e. The number of carbonyl (C=O) groups excluding carboxylic acids is 2. The summed E-state index contributed by atoms with van der Waals surface area (Å²) >= 11 is 1.38. The van der Waals surface area contributed by atoms with Crippen molar-refractivity contribution in [2.24, 2.45) is 0 Å². The Balaban J connectivity index is 1.58. The van der Waals surface area contributed by atoms with Crippen molar-refractivity contribution < 1.29 is 14.5 Å². The zero-order chi connectivity index (χ0) is 23.3. The van der Waals surface area contributed by atoms with Gasteiger partial charge in [-0.15, -0.1) is 11.8 Å². The van der Waals surface area contributed by atoms with Gasteiger partial charge < -0.3 is 10.6 Å². The Kier molecular flexibility index (Phi) is 7.27. The van der Waals surface area contributed by atoms with Gasteiger partial charge in [-0.1, -0.05) is 17.7 Å². The molecule has 0 fully saturated rings. The van der Waals surface area contributed by atoms with Crippen LogP contribution in [-0.4, -0.2) is 22.0 Å².